The van der Waals surface area contributed by atoms with E-state index >= 15 is 0 Å². The summed E-state index contributed by atoms with van der Waals surface area (Å²) in [4.78, 5) is 0. The van der Waals surface area contributed by atoms with Crippen LogP contribution in [0.4, 0.5) is 0 Å². The van der Waals surface area contributed by atoms with E-state index < -0.39 is 0 Å². The fourth-order valence-corrected chi connectivity index (χ4v) is 1.86. The van der Waals surface area contributed by atoms with E-state index in [0.717, 1.165) is 12.3 Å². The van der Waals surface area contributed by atoms with Gasteiger partial charge in [-0.2, -0.15) is 0 Å². The first-order valence-electron chi connectivity index (χ1n) is 7.34. The lowest BCUT2D eigenvalue weighted by molar-refractivity contribution is 0.00578. The Balaban J connectivity index is 2.48. The molecule has 1 atom stereocenters. The summed E-state index contributed by atoms with van der Waals surface area (Å²) in [5, 5.41) is 0. The minimum Gasteiger partial charge on any atom is -0.400 e. The Bertz CT molecular complexity index is 327. The summed E-state index contributed by atoms with van der Waals surface area (Å²) in [6.45, 7) is 14.9. The highest BCUT2D eigenvalue weighted by Crippen LogP contribution is 2.36. The van der Waals surface area contributed by atoms with Gasteiger partial charge in [0.05, 0.1) is 11.2 Å². The summed E-state index contributed by atoms with van der Waals surface area (Å²) in [7, 11) is -0.231. The standard InChI is InChI=1S/C16H29BO2/c1-13(2)9-8-10-14(3)11-12-17-18-15(4,5)16(6,7)19-17/h8,10-14H,9H2,1-7H3/b10-8+,12-11+/t14-/m0/s1. The molecule has 1 aliphatic rings. The zero-order chi connectivity index (χ0) is 14.7. The topological polar surface area (TPSA) is 18.5 Å². The van der Waals surface area contributed by atoms with E-state index in [2.05, 4.69) is 66.7 Å². The molecule has 0 unspecified atom stereocenters. The van der Waals surface area contributed by atoms with Gasteiger partial charge >= 0.3 is 7.12 Å². The molecular formula is C16H29BO2. The van der Waals surface area contributed by atoms with E-state index in [1.54, 1.807) is 0 Å². The molecule has 0 N–H and O–H groups in total. The molecule has 1 rings (SSSR count). The van der Waals surface area contributed by atoms with Crippen molar-refractivity contribution in [1.82, 2.24) is 0 Å². The predicted molar refractivity (Wildman–Crippen MR) is 83.0 cm³/mol. The van der Waals surface area contributed by atoms with Crippen molar-refractivity contribution >= 4 is 7.12 Å². The quantitative estimate of drug-likeness (QED) is 0.540. The van der Waals surface area contributed by atoms with E-state index in [-0.39, 0.29) is 18.3 Å². The van der Waals surface area contributed by atoms with Crippen molar-refractivity contribution in [2.45, 2.75) is 66.1 Å². The van der Waals surface area contributed by atoms with Crippen LogP contribution in [0.3, 0.4) is 0 Å². The van der Waals surface area contributed by atoms with Gasteiger partial charge < -0.3 is 9.31 Å². The van der Waals surface area contributed by atoms with Crippen LogP contribution in [0.5, 0.6) is 0 Å². The first kappa shape index (κ1) is 16.5. The molecular weight excluding hydrogens is 235 g/mol. The predicted octanol–water partition coefficient (Wildman–Crippen LogP) is 4.41. The Hall–Kier alpha value is -0.535. The first-order valence-corrected chi connectivity index (χ1v) is 7.34. The van der Waals surface area contributed by atoms with Crippen LogP contribution in [-0.4, -0.2) is 18.3 Å². The molecule has 0 spiro atoms. The van der Waals surface area contributed by atoms with Gasteiger partial charge in [-0.15, -0.1) is 0 Å². The normalized spacial score (nSPS) is 23.9. The molecule has 1 fully saturated rings. The number of hydrogen-bond acceptors (Lipinski definition) is 2. The van der Waals surface area contributed by atoms with Crippen molar-refractivity contribution in [3.05, 3.63) is 24.2 Å². The molecule has 1 heterocycles. The minimum absolute atomic E-state index is 0.231. The average molecular weight is 264 g/mol. The van der Waals surface area contributed by atoms with Gasteiger partial charge in [-0.25, -0.2) is 0 Å². The largest absolute Gasteiger partial charge is 0.486 e. The molecule has 0 aromatic rings. The molecule has 0 aliphatic carbocycles. The second-order valence-corrected chi connectivity index (χ2v) is 6.93. The molecule has 19 heavy (non-hydrogen) atoms. The number of allylic oxidation sites excluding steroid dienone is 3. The SMILES string of the molecule is CC(C)C/C=C/[C@H](C)/C=C/B1OC(C)(C)C(C)(C)O1. The Kier molecular flexibility index (Phi) is 5.46. The maximum Gasteiger partial charge on any atom is 0.486 e. The van der Waals surface area contributed by atoms with Crippen LogP contribution in [0.25, 0.3) is 0 Å². The van der Waals surface area contributed by atoms with Gasteiger partial charge in [-0.05, 0) is 46.0 Å². The third-order valence-corrected chi connectivity index (χ3v) is 3.89. The van der Waals surface area contributed by atoms with E-state index in [1.807, 2.05) is 5.98 Å². The highest BCUT2D eigenvalue weighted by atomic mass is 16.7. The summed E-state index contributed by atoms with van der Waals surface area (Å²) in [5.41, 5.74) is -0.503. The van der Waals surface area contributed by atoms with Crippen LogP contribution in [0.15, 0.2) is 24.2 Å². The van der Waals surface area contributed by atoms with Crippen molar-refractivity contribution < 1.29 is 9.31 Å². The van der Waals surface area contributed by atoms with Gasteiger partial charge in [0.15, 0.2) is 0 Å². The number of hydrogen-bond donors (Lipinski definition) is 0. The van der Waals surface area contributed by atoms with Crippen molar-refractivity contribution in [3.8, 4) is 0 Å². The lowest BCUT2D eigenvalue weighted by Crippen LogP contribution is -2.41. The van der Waals surface area contributed by atoms with Gasteiger partial charge in [0, 0.05) is 0 Å². The Morgan fingerprint density at radius 3 is 1.95 bits per heavy atom. The van der Waals surface area contributed by atoms with Crippen LogP contribution in [0, 0.1) is 11.8 Å². The summed E-state index contributed by atoms with van der Waals surface area (Å²) in [5.74, 6) is 3.16. The van der Waals surface area contributed by atoms with Crippen LogP contribution in [0.1, 0.15) is 54.9 Å². The van der Waals surface area contributed by atoms with Crippen LogP contribution >= 0.6 is 0 Å². The fourth-order valence-electron chi connectivity index (χ4n) is 1.86. The van der Waals surface area contributed by atoms with Crippen molar-refractivity contribution in [1.29, 1.82) is 0 Å². The summed E-state index contributed by atoms with van der Waals surface area (Å²) >= 11 is 0. The zero-order valence-electron chi connectivity index (χ0n) is 13.6. The van der Waals surface area contributed by atoms with Crippen LogP contribution in [-0.2, 0) is 9.31 Å². The molecule has 108 valence electrons. The Labute approximate surface area is 119 Å². The first-order chi connectivity index (χ1) is 8.64. The molecule has 0 radical (unpaired) electrons. The lowest BCUT2D eigenvalue weighted by atomic mass is 9.88. The van der Waals surface area contributed by atoms with E-state index in [4.69, 9.17) is 9.31 Å². The minimum atomic E-state index is -0.251. The number of rotatable bonds is 5. The monoisotopic (exact) mass is 264 g/mol. The Morgan fingerprint density at radius 1 is 0.947 bits per heavy atom. The zero-order valence-corrected chi connectivity index (χ0v) is 13.6. The third-order valence-electron chi connectivity index (χ3n) is 3.89. The highest BCUT2D eigenvalue weighted by Gasteiger charge is 2.49. The van der Waals surface area contributed by atoms with Crippen LogP contribution < -0.4 is 0 Å². The molecule has 0 saturated carbocycles. The molecule has 2 nitrogen and oxygen atoms in total. The molecule has 1 saturated heterocycles. The maximum atomic E-state index is 5.92. The third kappa shape index (κ3) is 4.81. The lowest BCUT2D eigenvalue weighted by Gasteiger charge is -2.32. The summed E-state index contributed by atoms with van der Waals surface area (Å²) < 4.78 is 11.8. The second-order valence-electron chi connectivity index (χ2n) is 6.93. The highest BCUT2D eigenvalue weighted by molar-refractivity contribution is 6.51. The van der Waals surface area contributed by atoms with Crippen molar-refractivity contribution in [2.75, 3.05) is 0 Å². The average Bonchev–Trinajstić information content (AvgIpc) is 2.44. The van der Waals surface area contributed by atoms with Gasteiger partial charge in [-0.1, -0.05) is 45.0 Å². The maximum absolute atomic E-state index is 5.92. The van der Waals surface area contributed by atoms with E-state index in [0.29, 0.717) is 5.92 Å². The van der Waals surface area contributed by atoms with E-state index in [9.17, 15) is 0 Å². The molecule has 0 amide bonds. The van der Waals surface area contributed by atoms with Crippen molar-refractivity contribution in [2.24, 2.45) is 11.8 Å². The van der Waals surface area contributed by atoms with Gasteiger partial charge in [-0.3, -0.25) is 0 Å². The molecule has 3 heteroatoms. The second kappa shape index (κ2) is 6.28. The summed E-state index contributed by atoms with van der Waals surface area (Å²) in [6.07, 6.45) is 7.78. The smallest absolute Gasteiger partial charge is 0.400 e. The fraction of sp³-hybridized carbons (Fsp3) is 0.750. The van der Waals surface area contributed by atoms with Crippen molar-refractivity contribution in [3.63, 3.8) is 0 Å². The summed E-state index contributed by atoms with van der Waals surface area (Å²) in [6, 6.07) is 0. The molecule has 0 aromatic carbocycles. The van der Waals surface area contributed by atoms with E-state index in [1.165, 1.54) is 0 Å². The molecule has 0 aromatic heterocycles. The van der Waals surface area contributed by atoms with Gasteiger partial charge in [0.1, 0.15) is 0 Å². The molecule has 0 bridgehead atoms. The Morgan fingerprint density at radius 2 is 1.47 bits per heavy atom. The van der Waals surface area contributed by atoms with Gasteiger partial charge in [0.2, 0.25) is 0 Å². The molecule has 1 aliphatic heterocycles. The van der Waals surface area contributed by atoms with Crippen LogP contribution in [0.2, 0.25) is 0 Å². The van der Waals surface area contributed by atoms with Gasteiger partial charge in [0.25, 0.3) is 0 Å².